The van der Waals surface area contributed by atoms with Gasteiger partial charge in [-0.3, -0.25) is 0 Å². The molecule has 0 unspecified atom stereocenters. The third-order valence-corrected chi connectivity index (χ3v) is 3.86. The van der Waals surface area contributed by atoms with E-state index in [0.717, 1.165) is 30.4 Å². The summed E-state index contributed by atoms with van der Waals surface area (Å²) in [5.74, 6) is 1.02. The zero-order chi connectivity index (χ0) is 13.5. The van der Waals surface area contributed by atoms with Crippen LogP contribution < -0.4 is 5.32 Å². The molecular weight excluding hydrogens is 294 g/mol. The van der Waals surface area contributed by atoms with Crippen LogP contribution in [-0.4, -0.2) is 32.5 Å². The highest BCUT2D eigenvalue weighted by molar-refractivity contribution is 7.99. The van der Waals surface area contributed by atoms with Gasteiger partial charge in [0.15, 0.2) is 0 Å². The minimum Gasteiger partial charge on any atom is -0.313 e. The molecule has 0 aliphatic carbocycles. The van der Waals surface area contributed by atoms with E-state index in [4.69, 9.17) is 0 Å². The Labute approximate surface area is 129 Å². The largest absolute Gasteiger partial charge is 0.313 e. The first-order chi connectivity index (χ1) is 9.25. The Hall–Kier alpha value is -1.11. The van der Waals surface area contributed by atoms with Crippen LogP contribution in [0.3, 0.4) is 0 Å². The van der Waals surface area contributed by atoms with Crippen molar-refractivity contribution in [1.82, 2.24) is 25.5 Å². The minimum absolute atomic E-state index is 0. The molecule has 7 heteroatoms. The number of halogens is 1. The van der Waals surface area contributed by atoms with E-state index >= 15 is 0 Å². The Morgan fingerprint density at radius 1 is 1.25 bits per heavy atom. The van der Waals surface area contributed by atoms with Gasteiger partial charge in [0.2, 0.25) is 5.16 Å². The van der Waals surface area contributed by atoms with Gasteiger partial charge in [-0.1, -0.05) is 41.6 Å². The van der Waals surface area contributed by atoms with Crippen molar-refractivity contribution in [3.05, 3.63) is 35.4 Å². The quantitative estimate of drug-likeness (QED) is 0.627. The molecule has 0 atom stereocenters. The van der Waals surface area contributed by atoms with Gasteiger partial charge in [-0.2, -0.15) is 0 Å². The summed E-state index contributed by atoms with van der Waals surface area (Å²) in [5.41, 5.74) is 2.63. The van der Waals surface area contributed by atoms with Gasteiger partial charge < -0.3 is 5.32 Å². The minimum atomic E-state index is 0. The number of aryl methyl sites for hydroxylation is 2. The SMILES string of the molecule is Cc1ccc(CNCCCSc2nnnn2C)cc1.Cl. The van der Waals surface area contributed by atoms with E-state index < -0.39 is 0 Å². The van der Waals surface area contributed by atoms with E-state index in [9.17, 15) is 0 Å². The molecule has 1 heterocycles. The monoisotopic (exact) mass is 313 g/mol. The molecule has 1 N–H and O–H groups in total. The number of hydrogen-bond donors (Lipinski definition) is 1. The van der Waals surface area contributed by atoms with Gasteiger partial charge in [0, 0.05) is 19.3 Å². The molecule has 0 saturated carbocycles. The standard InChI is InChI=1S/C13H19N5S.ClH/c1-11-4-6-12(7-5-11)10-14-8-3-9-19-13-15-16-17-18(13)2;/h4-7,14H,3,8-10H2,1-2H3;1H. The predicted octanol–water partition coefficient (Wildman–Crippen LogP) is 2.21. The maximum Gasteiger partial charge on any atom is 0.209 e. The van der Waals surface area contributed by atoms with Crippen LogP contribution in [0.15, 0.2) is 29.4 Å². The summed E-state index contributed by atoms with van der Waals surface area (Å²) in [7, 11) is 1.86. The molecule has 0 aliphatic heterocycles. The number of tetrazole rings is 1. The van der Waals surface area contributed by atoms with Gasteiger partial charge in [0.05, 0.1) is 0 Å². The molecule has 2 rings (SSSR count). The maximum atomic E-state index is 3.93. The van der Waals surface area contributed by atoms with Crippen LogP contribution in [0.1, 0.15) is 17.5 Å². The molecule has 1 aromatic carbocycles. The molecule has 5 nitrogen and oxygen atoms in total. The summed E-state index contributed by atoms with van der Waals surface area (Å²) in [6.07, 6.45) is 1.10. The normalized spacial score (nSPS) is 10.3. The van der Waals surface area contributed by atoms with Crippen molar-refractivity contribution < 1.29 is 0 Å². The summed E-state index contributed by atoms with van der Waals surface area (Å²) in [5, 5.41) is 15.7. The number of thioether (sulfide) groups is 1. The Morgan fingerprint density at radius 3 is 2.65 bits per heavy atom. The van der Waals surface area contributed by atoms with Crippen LogP contribution in [0, 0.1) is 6.92 Å². The molecule has 0 aliphatic rings. The zero-order valence-corrected chi connectivity index (χ0v) is 13.4. The molecule has 1 aromatic heterocycles. The highest BCUT2D eigenvalue weighted by Gasteiger charge is 2.01. The van der Waals surface area contributed by atoms with E-state index in [0.29, 0.717) is 0 Å². The van der Waals surface area contributed by atoms with Crippen LogP contribution in [0.2, 0.25) is 0 Å². The number of nitrogens with one attached hydrogen (secondary N) is 1. The van der Waals surface area contributed by atoms with Crippen LogP contribution >= 0.6 is 24.2 Å². The van der Waals surface area contributed by atoms with E-state index in [2.05, 4.69) is 52.0 Å². The smallest absolute Gasteiger partial charge is 0.209 e. The maximum absolute atomic E-state index is 3.93. The molecule has 0 radical (unpaired) electrons. The Bertz CT molecular complexity index is 500. The Morgan fingerprint density at radius 2 is 2.00 bits per heavy atom. The molecule has 0 saturated heterocycles. The Balaban J connectivity index is 0.00000200. The summed E-state index contributed by atoms with van der Waals surface area (Å²) in [6, 6.07) is 8.63. The lowest BCUT2D eigenvalue weighted by molar-refractivity contribution is 0.661. The first-order valence-electron chi connectivity index (χ1n) is 6.37. The second-order valence-corrected chi connectivity index (χ2v) is 5.51. The fourth-order valence-corrected chi connectivity index (χ4v) is 2.43. The average molecular weight is 314 g/mol. The lowest BCUT2D eigenvalue weighted by Crippen LogP contribution is -2.15. The van der Waals surface area contributed by atoms with Crippen molar-refractivity contribution in [3.63, 3.8) is 0 Å². The summed E-state index contributed by atoms with van der Waals surface area (Å²) < 4.78 is 1.70. The van der Waals surface area contributed by atoms with Crippen molar-refractivity contribution in [2.75, 3.05) is 12.3 Å². The first kappa shape index (κ1) is 16.9. The number of aromatic nitrogens is 4. The van der Waals surface area contributed by atoms with E-state index in [1.165, 1.54) is 11.1 Å². The number of hydrogen-bond acceptors (Lipinski definition) is 5. The van der Waals surface area contributed by atoms with Gasteiger partial charge in [-0.05, 0) is 35.9 Å². The van der Waals surface area contributed by atoms with E-state index in [-0.39, 0.29) is 12.4 Å². The van der Waals surface area contributed by atoms with Gasteiger partial charge >= 0.3 is 0 Å². The lowest BCUT2D eigenvalue weighted by Gasteiger charge is -2.05. The summed E-state index contributed by atoms with van der Waals surface area (Å²) in [6.45, 7) is 4.04. The number of benzene rings is 1. The van der Waals surface area contributed by atoms with Crippen LogP contribution in [0.25, 0.3) is 0 Å². The van der Waals surface area contributed by atoms with Crippen LogP contribution in [-0.2, 0) is 13.6 Å². The second-order valence-electron chi connectivity index (χ2n) is 4.45. The molecule has 20 heavy (non-hydrogen) atoms. The first-order valence-corrected chi connectivity index (χ1v) is 7.35. The van der Waals surface area contributed by atoms with Crippen LogP contribution in [0.4, 0.5) is 0 Å². The third-order valence-electron chi connectivity index (χ3n) is 2.76. The molecule has 0 fully saturated rings. The fourth-order valence-electron chi connectivity index (χ4n) is 1.64. The van der Waals surface area contributed by atoms with Crippen molar-refractivity contribution in [3.8, 4) is 0 Å². The van der Waals surface area contributed by atoms with Crippen molar-refractivity contribution >= 4 is 24.2 Å². The summed E-state index contributed by atoms with van der Waals surface area (Å²) >= 11 is 1.69. The van der Waals surface area contributed by atoms with Crippen molar-refractivity contribution in [2.45, 2.75) is 25.0 Å². The van der Waals surface area contributed by atoms with Gasteiger partial charge in [0.1, 0.15) is 0 Å². The topological polar surface area (TPSA) is 55.6 Å². The molecule has 2 aromatic rings. The van der Waals surface area contributed by atoms with E-state index in [1.807, 2.05) is 7.05 Å². The molecular formula is C13H20ClN5S. The lowest BCUT2D eigenvalue weighted by atomic mass is 10.1. The van der Waals surface area contributed by atoms with Gasteiger partial charge in [-0.25, -0.2) is 4.68 Å². The van der Waals surface area contributed by atoms with Gasteiger partial charge in [0.25, 0.3) is 0 Å². The highest BCUT2D eigenvalue weighted by atomic mass is 35.5. The average Bonchev–Trinajstić information content (AvgIpc) is 2.81. The Kier molecular flexibility index (Phi) is 7.58. The van der Waals surface area contributed by atoms with Crippen molar-refractivity contribution in [1.29, 1.82) is 0 Å². The summed E-state index contributed by atoms with van der Waals surface area (Å²) in [4.78, 5) is 0. The zero-order valence-electron chi connectivity index (χ0n) is 11.7. The fraction of sp³-hybridized carbons (Fsp3) is 0.462. The van der Waals surface area contributed by atoms with Crippen LogP contribution in [0.5, 0.6) is 0 Å². The third kappa shape index (κ3) is 5.48. The van der Waals surface area contributed by atoms with Crippen molar-refractivity contribution in [2.24, 2.45) is 7.05 Å². The second kappa shape index (κ2) is 8.94. The van der Waals surface area contributed by atoms with Gasteiger partial charge in [-0.15, -0.1) is 17.5 Å². The number of rotatable bonds is 7. The molecule has 110 valence electrons. The van der Waals surface area contributed by atoms with E-state index in [1.54, 1.807) is 16.4 Å². The predicted molar refractivity (Wildman–Crippen MR) is 84.3 cm³/mol. The number of nitrogens with zero attached hydrogens (tertiary/aromatic N) is 4. The highest BCUT2D eigenvalue weighted by Crippen LogP contribution is 2.12. The molecule has 0 spiro atoms. The molecule has 0 bridgehead atoms. The molecule has 0 amide bonds.